The molecule has 2 saturated heterocycles. The van der Waals surface area contributed by atoms with Crippen LogP contribution in [0.3, 0.4) is 0 Å². The number of carbonyl (C=O) groups is 4. The Labute approximate surface area is 170 Å². The third kappa shape index (κ3) is 3.88. The number of β-lactam (4-membered cyclic amide) rings is 1. The van der Waals surface area contributed by atoms with Crippen molar-refractivity contribution < 1.29 is 34.2 Å². The number of nitrogens with zero attached hydrogens (tertiary/aromatic N) is 4. The molecule has 0 radical (unpaired) electrons. The van der Waals surface area contributed by atoms with Crippen molar-refractivity contribution in [2.75, 3.05) is 18.9 Å². The first-order valence-electron chi connectivity index (χ1n) is 7.56. The Kier molecular flexibility index (Phi) is 5.71. The number of hydrogen-bond acceptors (Lipinski definition) is 10. The van der Waals surface area contributed by atoms with Crippen LogP contribution in [-0.2, 0) is 24.0 Å². The van der Waals surface area contributed by atoms with Crippen LogP contribution in [-0.4, -0.2) is 89.1 Å². The van der Waals surface area contributed by atoms with Crippen molar-refractivity contribution in [3.63, 3.8) is 0 Å². The molecule has 0 saturated carbocycles. The zero-order valence-corrected chi connectivity index (χ0v) is 16.2. The van der Waals surface area contributed by atoms with E-state index in [1.54, 1.807) is 0 Å². The Morgan fingerprint density at radius 1 is 1.46 bits per heavy atom. The highest BCUT2D eigenvalue weighted by Gasteiger charge is 2.57. The molecule has 0 aromatic carbocycles. The average Bonchev–Trinajstić information content (AvgIpc) is 3.17. The van der Waals surface area contributed by atoms with Gasteiger partial charge in [0.2, 0.25) is 24.1 Å². The molecule has 2 aliphatic heterocycles. The van der Waals surface area contributed by atoms with Gasteiger partial charge < -0.3 is 25.3 Å². The quantitative estimate of drug-likeness (QED) is 0.199. The molecule has 0 bridgehead atoms. The van der Waals surface area contributed by atoms with Gasteiger partial charge in [0.25, 0.3) is 5.91 Å². The summed E-state index contributed by atoms with van der Waals surface area (Å²) in [6.07, 6.45) is 0. The van der Waals surface area contributed by atoms with Crippen LogP contribution in [0.15, 0.2) is 10.7 Å². The Hall–Kier alpha value is -2.45. The number of rotatable bonds is 7. The molecular formula is C13H12ClN5O7S2. The van der Waals surface area contributed by atoms with Crippen molar-refractivity contribution >= 4 is 64.4 Å². The number of carbonyl (C=O) groups excluding carboxylic acids is 2. The van der Waals surface area contributed by atoms with Crippen LogP contribution in [0.2, 0.25) is 0 Å². The van der Waals surface area contributed by atoms with Gasteiger partial charge in [0.15, 0.2) is 4.87 Å². The highest BCUT2D eigenvalue weighted by molar-refractivity contribution is 8.00. The van der Waals surface area contributed by atoms with Crippen LogP contribution in [0, 0.1) is 0 Å². The van der Waals surface area contributed by atoms with Gasteiger partial charge in [0, 0.05) is 5.75 Å². The number of aliphatic carboxylic acids is 2. The molecule has 3 N–H and O–H groups in total. The molecule has 3 rings (SSSR count). The molecule has 2 fully saturated rings. The lowest BCUT2D eigenvalue weighted by Gasteiger charge is -2.52. The molecule has 2 unspecified atom stereocenters. The molecule has 2 aliphatic rings. The lowest BCUT2D eigenvalue weighted by Crippen LogP contribution is -2.74. The summed E-state index contributed by atoms with van der Waals surface area (Å²) < 4.78 is 3.85. The molecule has 0 aliphatic carbocycles. The van der Waals surface area contributed by atoms with Crippen molar-refractivity contribution in [3.05, 3.63) is 11.3 Å². The van der Waals surface area contributed by atoms with Crippen LogP contribution >= 0.6 is 34.9 Å². The van der Waals surface area contributed by atoms with E-state index < -0.39 is 46.6 Å². The van der Waals surface area contributed by atoms with Gasteiger partial charge in [-0.3, -0.25) is 14.4 Å². The summed E-state index contributed by atoms with van der Waals surface area (Å²) in [4.78, 5) is 54.8. The second kappa shape index (κ2) is 7.89. The topological polar surface area (TPSA) is 171 Å². The summed E-state index contributed by atoms with van der Waals surface area (Å²) in [5, 5.41) is 23.3. The number of carboxylic acids is 2. The number of hydrogen-bond donors (Lipinski definition) is 3. The van der Waals surface area contributed by atoms with E-state index in [0.29, 0.717) is 0 Å². The number of oxime groups is 1. The van der Waals surface area contributed by atoms with Crippen LogP contribution < -0.4 is 5.32 Å². The first-order chi connectivity index (χ1) is 13.2. The Morgan fingerprint density at radius 3 is 2.82 bits per heavy atom. The maximum atomic E-state index is 12.5. The molecule has 1 aromatic rings. The molecule has 15 heteroatoms. The van der Waals surface area contributed by atoms with Gasteiger partial charge in [-0.25, -0.2) is 9.78 Å². The van der Waals surface area contributed by atoms with Gasteiger partial charge in [0.05, 0.1) is 6.54 Å². The fourth-order valence-corrected chi connectivity index (χ4v) is 4.62. The average molecular weight is 450 g/mol. The summed E-state index contributed by atoms with van der Waals surface area (Å²) in [7, 11) is 0. The molecular weight excluding hydrogens is 438 g/mol. The van der Waals surface area contributed by atoms with Crippen LogP contribution in [0.5, 0.6) is 0 Å². The van der Waals surface area contributed by atoms with Crippen molar-refractivity contribution in [2.24, 2.45) is 5.16 Å². The zero-order valence-electron chi connectivity index (χ0n) is 13.8. The molecule has 3 heterocycles. The third-order valence-corrected chi connectivity index (χ3v) is 6.43. The lowest BCUT2D eigenvalue weighted by molar-refractivity contribution is -0.151. The second-order valence-electron chi connectivity index (χ2n) is 5.75. The van der Waals surface area contributed by atoms with Crippen LogP contribution in [0.1, 0.15) is 5.82 Å². The van der Waals surface area contributed by atoms with Crippen LogP contribution in [0.25, 0.3) is 0 Å². The van der Waals surface area contributed by atoms with Gasteiger partial charge in [-0.15, -0.1) is 23.4 Å². The summed E-state index contributed by atoms with van der Waals surface area (Å²) in [5.74, 6) is -3.86. The van der Waals surface area contributed by atoms with Gasteiger partial charge in [-0.05, 0) is 11.5 Å². The number of amides is 2. The number of fused-ring (bicyclic) bond motifs is 1. The van der Waals surface area contributed by atoms with Crippen molar-refractivity contribution in [2.45, 2.75) is 16.3 Å². The normalized spacial score (nSPS) is 26.8. The van der Waals surface area contributed by atoms with E-state index in [2.05, 4.69) is 24.7 Å². The minimum Gasteiger partial charge on any atom is -0.480 e. The van der Waals surface area contributed by atoms with Gasteiger partial charge in [-0.2, -0.15) is 4.37 Å². The Morgan fingerprint density at radius 2 is 2.21 bits per heavy atom. The van der Waals surface area contributed by atoms with E-state index in [4.69, 9.17) is 16.7 Å². The monoisotopic (exact) mass is 449 g/mol. The van der Waals surface area contributed by atoms with E-state index in [1.165, 1.54) is 10.4 Å². The van der Waals surface area contributed by atoms with Crippen molar-refractivity contribution in [3.8, 4) is 0 Å². The predicted molar refractivity (Wildman–Crippen MR) is 96.1 cm³/mol. The number of alkyl halides is 1. The van der Waals surface area contributed by atoms with Crippen molar-refractivity contribution in [1.29, 1.82) is 0 Å². The zero-order chi connectivity index (χ0) is 20.5. The molecule has 28 heavy (non-hydrogen) atoms. The van der Waals surface area contributed by atoms with E-state index in [1.807, 2.05) is 0 Å². The standard InChI is InChI=1S/C13H12ClN5O7S2/c14-13(12(24)25)2-19-10(23)7(11(19)27-3-13)16-9(22)6(8-15-4-28-18-8)17-26-1-5(20)21/h4,7,11H,1-3H2,(H,16,22)(H,20,21)(H,24,25)/t7?,11-,13?/m1/s1. The lowest BCUT2D eigenvalue weighted by atomic mass is 10.0. The molecule has 150 valence electrons. The summed E-state index contributed by atoms with van der Waals surface area (Å²) >= 11 is 8.10. The number of halogens is 1. The molecule has 1 aromatic heterocycles. The summed E-state index contributed by atoms with van der Waals surface area (Å²) in [6, 6.07) is -0.921. The van der Waals surface area contributed by atoms with Gasteiger partial charge in [0.1, 0.15) is 16.9 Å². The maximum Gasteiger partial charge on any atom is 0.344 e. The Balaban J connectivity index is 1.69. The minimum atomic E-state index is -1.58. The maximum absolute atomic E-state index is 12.5. The Bertz CT molecular complexity index is 850. The molecule has 3 atom stereocenters. The molecule has 0 spiro atoms. The first kappa shape index (κ1) is 20.3. The minimum absolute atomic E-state index is 0.0566. The predicted octanol–water partition coefficient (Wildman–Crippen LogP) is -1.19. The third-order valence-electron chi connectivity index (χ3n) is 3.85. The van der Waals surface area contributed by atoms with Gasteiger partial charge in [-0.1, -0.05) is 5.16 Å². The number of thioether (sulfide) groups is 1. The van der Waals surface area contributed by atoms with E-state index in [-0.39, 0.29) is 23.8 Å². The highest BCUT2D eigenvalue weighted by atomic mass is 35.5. The van der Waals surface area contributed by atoms with E-state index >= 15 is 0 Å². The van der Waals surface area contributed by atoms with Gasteiger partial charge >= 0.3 is 11.9 Å². The smallest absolute Gasteiger partial charge is 0.344 e. The highest BCUT2D eigenvalue weighted by Crippen LogP contribution is 2.40. The molecule has 12 nitrogen and oxygen atoms in total. The summed E-state index contributed by atoms with van der Waals surface area (Å²) in [5.41, 5.74) is 0.959. The molecule has 2 amide bonds. The number of nitrogens with one attached hydrogen (secondary N) is 1. The number of aromatic nitrogens is 2. The van der Waals surface area contributed by atoms with E-state index in [9.17, 15) is 24.3 Å². The fourth-order valence-electron chi connectivity index (χ4n) is 2.49. The summed E-state index contributed by atoms with van der Waals surface area (Å²) in [6.45, 7) is -0.953. The first-order valence-corrected chi connectivity index (χ1v) is 9.83. The number of carboxylic acid groups (broad SMARTS) is 2. The van der Waals surface area contributed by atoms with E-state index in [0.717, 1.165) is 23.3 Å². The van der Waals surface area contributed by atoms with Crippen molar-refractivity contribution in [1.82, 2.24) is 19.6 Å². The second-order valence-corrected chi connectivity index (χ2v) is 8.18. The fraction of sp³-hybridized carbons (Fsp3) is 0.462. The van der Waals surface area contributed by atoms with Crippen LogP contribution in [0.4, 0.5) is 0 Å². The SMILES string of the molecule is O=C(O)CON=C(C(=O)NC1C(=O)N2CC(Cl)(C(=O)O)CS[C@H]12)c1ncsn1. The largest absolute Gasteiger partial charge is 0.480 e.